The van der Waals surface area contributed by atoms with Gasteiger partial charge in [-0.2, -0.15) is 0 Å². The molecule has 0 unspecified atom stereocenters. The lowest BCUT2D eigenvalue weighted by atomic mass is 10.0. The van der Waals surface area contributed by atoms with Crippen LogP contribution in [-0.2, 0) is 0 Å². The first kappa shape index (κ1) is 13.1. The highest BCUT2D eigenvalue weighted by Crippen LogP contribution is 2.25. The van der Waals surface area contributed by atoms with Crippen molar-refractivity contribution >= 4 is 55.2 Å². The Labute approximate surface area is 124 Å². The van der Waals surface area contributed by atoms with Crippen molar-refractivity contribution in [3.63, 3.8) is 0 Å². The van der Waals surface area contributed by atoms with E-state index in [2.05, 4.69) is 0 Å². The van der Waals surface area contributed by atoms with Crippen LogP contribution in [0.2, 0.25) is 0 Å². The summed E-state index contributed by atoms with van der Waals surface area (Å²) in [5.74, 6) is 0. The summed E-state index contributed by atoms with van der Waals surface area (Å²) in [7, 11) is 0. The number of hydrogen-bond acceptors (Lipinski definition) is 2. The van der Waals surface area contributed by atoms with E-state index < -0.39 is 10.5 Å². The number of rotatable bonds is 2. The molecule has 2 nitrogen and oxygen atoms in total. The summed E-state index contributed by atoms with van der Waals surface area (Å²) in [5.41, 5.74) is 0.928. The highest BCUT2D eigenvalue weighted by Gasteiger charge is 2.06. The predicted molar refractivity (Wildman–Crippen MR) is 81.8 cm³/mol. The maximum absolute atomic E-state index is 11.2. The zero-order valence-electron chi connectivity index (χ0n) is 10.2. The molecule has 3 rings (SSSR count). The fourth-order valence-electron chi connectivity index (χ4n) is 2.24. The van der Waals surface area contributed by atoms with E-state index in [1.54, 1.807) is 24.3 Å². The predicted octanol–water partition coefficient (Wildman–Crippen LogP) is 4.75. The monoisotopic (exact) mass is 302 g/mol. The molecule has 98 valence electrons. The average Bonchev–Trinajstić information content (AvgIpc) is 2.43. The highest BCUT2D eigenvalue weighted by molar-refractivity contribution is 6.68. The molecule has 0 aliphatic rings. The Hall–Kier alpha value is -1.90. The Balaban J connectivity index is 2.27. The maximum Gasteiger partial charge on any atom is 0.252 e. The van der Waals surface area contributed by atoms with Gasteiger partial charge in [0.15, 0.2) is 0 Å². The summed E-state index contributed by atoms with van der Waals surface area (Å²) in [4.78, 5) is 22.4. The molecule has 0 heterocycles. The lowest BCUT2D eigenvalue weighted by molar-refractivity contribution is 0.107. The second kappa shape index (κ2) is 4.89. The summed E-state index contributed by atoms with van der Waals surface area (Å²) in [5, 5.41) is 2.84. The molecule has 0 aliphatic carbocycles. The van der Waals surface area contributed by atoms with Crippen LogP contribution in [0.25, 0.3) is 21.5 Å². The molecule has 0 amide bonds. The fourth-order valence-corrected chi connectivity index (χ4v) is 2.48. The van der Waals surface area contributed by atoms with E-state index in [0.29, 0.717) is 11.1 Å². The summed E-state index contributed by atoms with van der Waals surface area (Å²) in [6.07, 6.45) is 0. The first-order valence-electron chi connectivity index (χ1n) is 5.92. The van der Waals surface area contributed by atoms with Crippen molar-refractivity contribution in [2.45, 2.75) is 0 Å². The van der Waals surface area contributed by atoms with Crippen LogP contribution in [-0.4, -0.2) is 10.5 Å². The molecule has 3 aromatic carbocycles. The zero-order valence-corrected chi connectivity index (χ0v) is 11.7. The SMILES string of the molecule is O=C(Cl)c1ccc2cc3cc(C(=O)Cl)ccc3cc2c1. The molecular formula is C16H8Cl2O2. The molecule has 0 atom stereocenters. The standard InChI is InChI=1S/C16H8Cl2O2/c17-15(19)11-3-1-9-5-14-8-12(16(18)20)4-2-10(14)6-13(9)7-11/h1-8H. The van der Waals surface area contributed by atoms with E-state index in [1.165, 1.54) is 0 Å². The first-order chi connectivity index (χ1) is 9.54. The zero-order chi connectivity index (χ0) is 14.3. The van der Waals surface area contributed by atoms with Gasteiger partial charge in [-0.15, -0.1) is 0 Å². The molecule has 4 heteroatoms. The second-order valence-electron chi connectivity index (χ2n) is 4.52. The molecule has 0 saturated heterocycles. The van der Waals surface area contributed by atoms with Crippen molar-refractivity contribution in [3.05, 3.63) is 59.7 Å². The molecule has 20 heavy (non-hydrogen) atoms. The van der Waals surface area contributed by atoms with Gasteiger partial charge < -0.3 is 0 Å². The average molecular weight is 303 g/mol. The van der Waals surface area contributed by atoms with E-state index in [-0.39, 0.29) is 0 Å². The van der Waals surface area contributed by atoms with Crippen molar-refractivity contribution in [3.8, 4) is 0 Å². The van der Waals surface area contributed by atoms with Crippen molar-refractivity contribution in [1.82, 2.24) is 0 Å². The molecule has 0 radical (unpaired) electrons. The lowest BCUT2D eigenvalue weighted by Gasteiger charge is -2.05. The van der Waals surface area contributed by atoms with Crippen molar-refractivity contribution < 1.29 is 9.59 Å². The number of fused-ring (bicyclic) bond motifs is 2. The van der Waals surface area contributed by atoms with E-state index in [1.807, 2.05) is 24.3 Å². The Morgan fingerprint density at radius 2 is 1.00 bits per heavy atom. The van der Waals surface area contributed by atoms with Crippen LogP contribution in [0.15, 0.2) is 48.5 Å². The number of hydrogen-bond donors (Lipinski definition) is 0. The minimum absolute atomic E-state index is 0.464. The molecule has 0 spiro atoms. The van der Waals surface area contributed by atoms with Crippen LogP contribution in [0.4, 0.5) is 0 Å². The van der Waals surface area contributed by atoms with Gasteiger partial charge in [0, 0.05) is 11.1 Å². The van der Waals surface area contributed by atoms with Gasteiger partial charge in [-0.3, -0.25) is 9.59 Å². The number of carbonyl (C=O) groups excluding carboxylic acids is 2. The quantitative estimate of drug-likeness (QED) is 0.505. The second-order valence-corrected chi connectivity index (χ2v) is 5.21. The number of benzene rings is 3. The van der Waals surface area contributed by atoms with E-state index in [4.69, 9.17) is 23.2 Å². The number of halogens is 2. The van der Waals surface area contributed by atoms with Gasteiger partial charge in [-0.05, 0) is 81.1 Å². The molecule has 0 fully saturated rings. The third-order valence-corrected chi connectivity index (χ3v) is 3.69. The highest BCUT2D eigenvalue weighted by atomic mass is 35.5. The van der Waals surface area contributed by atoms with Gasteiger partial charge in [-0.1, -0.05) is 12.1 Å². The van der Waals surface area contributed by atoms with Crippen molar-refractivity contribution in [1.29, 1.82) is 0 Å². The summed E-state index contributed by atoms with van der Waals surface area (Å²) >= 11 is 11.0. The van der Waals surface area contributed by atoms with Gasteiger partial charge in [0.1, 0.15) is 0 Å². The summed E-state index contributed by atoms with van der Waals surface area (Å²) < 4.78 is 0. The van der Waals surface area contributed by atoms with Crippen LogP contribution in [0, 0.1) is 0 Å². The normalized spacial score (nSPS) is 10.9. The van der Waals surface area contributed by atoms with Gasteiger partial charge >= 0.3 is 0 Å². The topological polar surface area (TPSA) is 34.1 Å². The number of carbonyl (C=O) groups is 2. The summed E-state index contributed by atoms with van der Waals surface area (Å²) in [6.45, 7) is 0. The van der Waals surface area contributed by atoms with Gasteiger partial charge in [0.2, 0.25) is 0 Å². The van der Waals surface area contributed by atoms with E-state index in [0.717, 1.165) is 21.5 Å². The molecule has 3 aromatic rings. The van der Waals surface area contributed by atoms with Crippen molar-refractivity contribution in [2.24, 2.45) is 0 Å². The molecular weight excluding hydrogens is 295 g/mol. The molecule has 0 N–H and O–H groups in total. The molecule has 0 saturated carbocycles. The Morgan fingerprint density at radius 1 is 0.600 bits per heavy atom. The largest absolute Gasteiger partial charge is 0.276 e. The molecule has 0 aromatic heterocycles. The third-order valence-electron chi connectivity index (χ3n) is 3.25. The third kappa shape index (κ3) is 2.28. The minimum atomic E-state index is -0.477. The molecule has 0 aliphatic heterocycles. The van der Waals surface area contributed by atoms with Crippen LogP contribution >= 0.6 is 23.2 Å². The minimum Gasteiger partial charge on any atom is -0.276 e. The van der Waals surface area contributed by atoms with E-state index >= 15 is 0 Å². The van der Waals surface area contributed by atoms with Crippen LogP contribution < -0.4 is 0 Å². The van der Waals surface area contributed by atoms with Crippen LogP contribution in [0.3, 0.4) is 0 Å². The van der Waals surface area contributed by atoms with Crippen LogP contribution in [0.1, 0.15) is 20.7 Å². The van der Waals surface area contributed by atoms with Gasteiger partial charge in [0.05, 0.1) is 0 Å². The Bertz CT molecular complexity index is 795. The van der Waals surface area contributed by atoms with Crippen molar-refractivity contribution in [2.75, 3.05) is 0 Å². The summed E-state index contributed by atoms with van der Waals surface area (Å²) in [6, 6.07) is 14.4. The van der Waals surface area contributed by atoms with Gasteiger partial charge in [0.25, 0.3) is 10.5 Å². The van der Waals surface area contributed by atoms with E-state index in [9.17, 15) is 9.59 Å². The Morgan fingerprint density at radius 3 is 1.35 bits per heavy atom. The maximum atomic E-state index is 11.2. The fraction of sp³-hybridized carbons (Fsp3) is 0. The first-order valence-corrected chi connectivity index (χ1v) is 6.67. The molecule has 0 bridgehead atoms. The lowest BCUT2D eigenvalue weighted by Crippen LogP contribution is -1.90. The smallest absolute Gasteiger partial charge is 0.252 e. The van der Waals surface area contributed by atoms with Gasteiger partial charge in [-0.25, -0.2) is 0 Å². The Kier molecular flexibility index (Phi) is 3.20. The van der Waals surface area contributed by atoms with Crippen LogP contribution in [0.5, 0.6) is 0 Å².